The van der Waals surface area contributed by atoms with Gasteiger partial charge in [0.1, 0.15) is 6.04 Å². The molecular formula is C25H26N4O4. The van der Waals surface area contributed by atoms with E-state index in [1.165, 1.54) is 18.1 Å². The molecule has 8 heteroatoms. The number of pyridine rings is 1. The van der Waals surface area contributed by atoms with Crippen molar-refractivity contribution in [2.45, 2.75) is 44.7 Å². The summed E-state index contributed by atoms with van der Waals surface area (Å²) < 4.78 is 5.38. The molecule has 4 rings (SSSR count). The van der Waals surface area contributed by atoms with Gasteiger partial charge in [0.25, 0.3) is 5.91 Å². The number of hydrogen-bond acceptors (Lipinski definition) is 5. The summed E-state index contributed by atoms with van der Waals surface area (Å²) in [6, 6.07) is 12.6. The normalized spacial score (nSPS) is 14.5. The zero-order valence-electron chi connectivity index (χ0n) is 18.4. The average molecular weight is 447 g/mol. The van der Waals surface area contributed by atoms with E-state index in [9.17, 15) is 14.4 Å². The van der Waals surface area contributed by atoms with Crippen LogP contribution >= 0.6 is 0 Å². The van der Waals surface area contributed by atoms with Crippen LogP contribution in [0.1, 0.15) is 54.8 Å². The smallest absolute Gasteiger partial charge is 0.294 e. The minimum Gasteiger partial charge on any atom is -0.459 e. The Bertz CT molecular complexity index is 1090. The minimum absolute atomic E-state index is 0.0828. The number of hydrogen-bond donors (Lipinski definition) is 2. The second kappa shape index (κ2) is 10.1. The van der Waals surface area contributed by atoms with Gasteiger partial charge in [0.05, 0.1) is 6.26 Å². The highest BCUT2D eigenvalue weighted by Crippen LogP contribution is 2.31. The lowest BCUT2D eigenvalue weighted by molar-refractivity contribution is -0.123. The first-order valence-electron chi connectivity index (χ1n) is 11.0. The number of rotatable bonds is 7. The van der Waals surface area contributed by atoms with Gasteiger partial charge in [-0.2, -0.15) is 0 Å². The number of benzene rings is 1. The van der Waals surface area contributed by atoms with Crippen LogP contribution in [0.15, 0.2) is 71.6 Å². The Kier molecular flexibility index (Phi) is 6.83. The van der Waals surface area contributed by atoms with Crippen molar-refractivity contribution in [1.29, 1.82) is 0 Å². The van der Waals surface area contributed by atoms with Gasteiger partial charge < -0.3 is 15.1 Å². The van der Waals surface area contributed by atoms with E-state index in [0.29, 0.717) is 16.9 Å². The molecule has 0 radical (unpaired) electrons. The van der Waals surface area contributed by atoms with E-state index in [2.05, 4.69) is 15.6 Å². The van der Waals surface area contributed by atoms with E-state index in [-0.39, 0.29) is 23.6 Å². The molecular weight excluding hydrogens is 420 g/mol. The third-order valence-corrected chi connectivity index (χ3v) is 5.62. The molecule has 2 heterocycles. The first-order chi connectivity index (χ1) is 16.0. The maximum absolute atomic E-state index is 13.6. The quantitative estimate of drug-likeness (QED) is 0.569. The lowest BCUT2D eigenvalue weighted by atomic mass is 10.0. The Hall–Kier alpha value is -3.94. The summed E-state index contributed by atoms with van der Waals surface area (Å²) in [5, 5.41) is 5.83. The SMILES string of the molecule is CC(=O)Nc1ccc(N(C(=O)c2ccco2)C(C(=O)NC2CCCC2)c2cccnc2)cc1. The third-order valence-electron chi connectivity index (χ3n) is 5.62. The number of aromatic nitrogens is 1. The number of anilines is 2. The second-order valence-corrected chi connectivity index (χ2v) is 8.06. The Morgan fingerprint density at radius 1 is 1.06 bits per heavy atom. The third kappa shape index (κ3) is 5.28. The zero-order valence-corrected chi connectivity index (χ0v) is 18.4. The topological polar surface area (TPSA) is 105 Å². The van der Waals surface area contributed by atoms with Crippen molar-refractivity contribution < 1.29 is 18.8 Å². The van der Waals surface area contributed by atoms with Crippen molar-refractivity contribution in [2.24, 2.45) is 0 Å². The molecule has 0 aliphatic heterocycles. The van der Waals surface area contributed by atoms with Crippen LogP contribution in [0.3, 0.4) is 0 Å². The molecule has 0 saturated heterocycles. The maximum Gasteiger partial charge on any atom is 0.294 e. The van der Waals surface area contributed by atoms with Gasteiger partial charge >= 0.3 is 0 Å². The molecule has 1 aromatic carbocycles. The molecule has 1 unspecified atom stereocenters. The highest BCUT2D eigenvalue weighted by atomic mass is 16.3. The van der Waals surface area contributed by atoms with Gasteiger partial charge in [-0.25, -0.2) is 0 Å². The van der Waals surface area contributed by atoms with Gasteiger partial charge in [-0.1, -0.05) is 18.9 Å². The molecule has 3 aromatic rings. The van der Waals surface area contributed by atoms with Crippen molar-refractivity contribution in [3.8, 4) is 0 Å². The summed E-state index contributed by atoms with van der Waals surface area (Å²) in [7, 11) is 0. The zero-order chi connectivity index (χ0) is 23.2. The number of amides is 3. The molecule has 1 fully saturated rings. The van der Waals surface area contributed by atoms with Gasteiger partial charge in [0.15, 0.2) is 5.76 Å². The van der Waals surface area contributed by atoms with Crippen LogP contribution in [0.4, 0.5) is 11.4 Å². The van der Waals surface area contributed by atoms with Crippen LogP contribution in [-0.2, 0) is 9.59 Å². The predicted octanol–water partition coefficient (Wildman–Crippen LogP) is 4.08. The van der Waals surface area contributed by atoms with Gasteiger partial charge in [0, 0.05) is 42.3 Å². The van der Waals surface area contributed by atoms with Gasteiger partial charge in [-0.05, 0) is 55.3 Å². The fraction of sp³-hybridized carbons (Fsp3) is 0.280. The summed E-state index contributed by atoms with van der Waals surface area (Å²) in [5.74, 6) is -0.817. The molecule has 170 valence electrons. The van der Waals surface area contributed by atoms with Gasteiger partial charge in [-0.15, -0.1) is 0 Å². The molecule has 8 nitrogen and oxygen atoms in total. The molecule has 1 aliphatic rings. The second-order valence-electron chi connectivity index (χ2n) is 8.06. The highest BCUT2D eigenvalue weighted by molar-refractivity contribution is 6.08. The number of nitrogens with one attached hydrogen (secondary N) is 2. The van der Waals surface area contributed by atoms with E-state index in [0.717, 1.165) is 25.7 Å². The van der Waals surface area contributed by atoms with Crippen LogP contribution in [0.5, 0.6) is 0 Å². The van der Waals surface area contributed by atoms with Crippen molar-refractivity contribution in [1.82, 2.24) is 10.3 Å². The van der Waals surface area contributed by atoms with E-state index >= 15 is 0 Å². The van der Waals surface area contributed by atoms with E-state index < -0.39 is 11.9 Å². The Balaban J connectivity index is 1.76. The number of carbonyl (C=O) groups is 3. The fourth-order valence-corrected chi connectivity index (χ4v) is 4.12. The first-order valence-corrected chi connectivity index (χ1v) is 11.0. The van der Waals surface area contributed by atoms with Gasteiger partial charge in [0.2, 0.25) is 11.8 Å². The summed E-state index contributed by atoms with van der Waals surface area (Å²) in [5.41, 5.74) is 1.66. The number of furan rings is 1. The van der Waals surface area contributed by atoms with Crippen molar-refractivity contribution >= 4 is 29.1 Å². The standard InChI is InChI=1S/C25H26N4O4/c1-17(30)27-20-10-12-21(13-11-20)29(25(32)22-9-5-15-33-22)23(18-6-4-14-26-16-18)24(31)28-19-7-2-3-8-19/h4-6,9-16,19,23H,2-3,7-8H2,1H3,(H,27,30)(H,28,31). The summed E-state index contributed by atoms with van der Waals surface area (Å²) in [6.07, 6.45) is 8.61. The van der Waals surface area contributed by atoms with Crippen LogP contribution in [0.2, 0.25) is 0 Å². The van der Waals surface area contributed by atoms with Crippen molar-refractivity contribution in [3.63, 3.8) is 0 Å². The molecule has 0 spiro atoms. The van der Waals surface area contributed by atoms with Crippen LogP contribution in [0, 0.1) is 0 Å². The highest BCUT2D eigenvalue weighted by Gasteiger charge is 2.35. The molecule has 2 aromatic heterocycles. The number of nitrogens with zero attached hydrogens (tertiary/aromatic N) is 2. The Morgan fingerprint density at radius 2 is 1.82 bits per heavy atom. The molecule has 3 amide bonds. The number of carbonyl (C=O) groups excluding carboxylic acids is 3. The van der Waals surface area contributed by atoms with E-state index in [4.69, 9.17) is 4.42 Å². The summed E-state index contributed by atoms with van der Waals surface area (Å²) in [4.78, 5) is 44.2. The molecule has 33 heavy (non-hydrogen) atoms. The average Bonchev–Trinajstić information content (AvgIpc) is 3.52. The summed E-state index contributed by atoms with van der Waals surface area (Å²) >= 11 is 0. The van der Waals surface area contributed by atoms with Crippen molar-refractivity contribution in [2.75, 3.05) is 10.2 Å². The molecule has 1 saturated carbocycles. The van der Waals surface area contributed by atoms with Crippen LogP contribution < -0.4 is 15.5 Å². The fourth-order valence-electron chi connectivity index (χ4n) is 4.12. The lowest BCUT2D eigenvalue weighted by Crippen LogP contribution is -2.46. The summed E-state index contributed by atoms with van der Waals surface area (Å²) in [6.45, 7) is 1.42. The molecule has 2 N–H and O–H groups in total. The predicted molar refractivity (Wildman–Crippen MR) is 124 cm³/mol. The maximum atomic E-state index is 13.6. The Labute approximate surface area is 192 Å². The Morgan fingerprint density at radius 3 is 2.42 bits per heavy atom. The van der Waals surface area contributed by atoms with Crippen LogP contribution in [-0.4, -0.2) is 28.7 Å². The van der Waals surface area contributed by atoms with Gasteiger partial charge in [-0.3, -0.25) is 24.3 Å². The van der Waals surface area contributed by atoms with Crippen molar-refractivity contribution in [3.05, 3.63) is 78.5 Å². The lowest BCUT2D eigenvalue weighted by Gasteiger charge is -2.31. The monoisotopic (exact) mass is 446 g/mol. The molecule has 1 aliphatic carbocycles. The van der Waals surface area contributed by atoms with E-state index in [1.807, 2.05) is 0 Å². The molecule has 0 bridgehead atoms. The first kappa shape index (κ1) is 22.3. The molecule has 1 atom stereocenters. The van der Waals surface area contributed by atoms with E-state index in [1.54, 1.807) is 60.9 Å². The van der Waals surface area contributed by atoms with Crippen LogP contribution in [0.25, 0.3) is 0 Å². The minimum atomic E-state index is -0.955. The largest absolute Gasteiger partial charge is 0.459 e.